The molecule has 5 rings (SSSR count). The number of ether oxygens (including phenoxy) is 1. The summed E-state index contributed by atoms with van der Waals surface area (Å²) >= 11 is 1.75. The van der Waals surface area contributed by atoms with Crippen molar-refractivity contribution in [3.63, 3.8) is 0 Å². The van der Waals surface area contributed by atoms with Crippen molar-refractivity contribution < 1.29 is 9.13 Å². The van der Waals surface area contributed by atoms with E-state index in [0.29, 0.717) is 31.3 Å². The number of nitrogens with zero attached hydrogens (tertiary/aromatic N) is 5. The molecular weight excluding hydrogens is 499 g/mol. The van der Waals surface area contributed by atoms with Crippen molar-refractivity contribution in [3.8, 4) is 0 Å². The quantitative estimate of drug-likeness (QED) is 0.445. The van der Waals surface area contributed by atoms with E-state index in [2.05, 4.69) is 33.0 Å². The highest BCUT2D eigenvalue weighted by molar-refractivity contribution is 7.19. The van der Waals surface area contributed by atoms with Crippen molar-refractivity contribution in [2.75, 3.05) is 58.4 Å². The van der Waals surface area contributed by atoms with Crippen molar-refractivity contribution in [2.45, 2.75) is 32.1 Å². The van der Waals surface area contributed by atoms with Crippen molar-refractivity contribution in [3.05, 3.63) is 58.5 Å². The van der Waals surface area contributed by atoms with Crippen LogP contribution in [-0.4, -0.2) is 86.7 Å². The molecule has 4 heterocycles. The van der Waals surface area contributed by atoms with Crippen molar-refractivity contribution in [1.29, 1.82) is 0 Å². The molecule has 0 saturated carbocycles. The maximum absolute atomic E-state index is 14.8. The summed E-state index contributed by atoms with van der Waals surface area (Å²) in [6, 6.07) is 12.3. The number of aliphatic imine (C=N–C) groups is 1. The van der Waals surface area contributed by atoms with Crippen LogP contribution < -0.4 is 10.6 Å². The number of alkyl halides is 1. The predicted molar refractivity (Wildman–Crippen MR) is 156 cm³/mol. The van der Waals surface area contributed by atoms with E-state index in [9.17, 15) is 4.39 Å². The monoisotopic (exact) mass is 536 g/mol. The van der Waals surface area contributed by atoms with Gasteiger partial charge in [-0.05, 0) is 51.2 Å². The van der Waals surface area contributed by atoms with Gasteiger partial charge in [0.05, 0.1) is 29.1 Å². The molecule has 0 aliphatic carbocycles. The molecule has 2 aliphatic heterocycles. The number of piperidine rings is 1. The Morgan fingerprint density at radius 1 is 1.24 bits per heavy atom. The number of thiophene rings is 1. The van der Waals surface area contributed by atoms with Gasteiger partial charge < -0.3 is 20.3 Å². The van der Waals surface area contributed by atoms with Gasteiger partial charge in [0, 0.05) is 61.6 Å². The Bertz CT molecular complexity index is 1320. The fraction of sp³-hybridized carbons (Fsp3) is 0.448. The average Bonchev–Trinajstić information content (AvgIpc) is 3.30. The molecule has 2 unspecified atom stereocenters. The standard InChI is InChI=1S/C29H37FN6OS/c1-20-5-4-6-21(15-20)24(31)7-9-32-28-17-27(36-11-13-37-14-12-36)29-25(33-28)16-22(38-29)18-35-10-8-26(34(2)3)23(30)19-35/h4-7,9,15-17,23,26H,8,10-14,18-19,31H2,1-3H3/b24-7-,32-9?. The lowest BCUT2D eigenvalue weighted by molar-refractivity contribution is 0.0550. The SMILES string of the molecule is Cc1cccc(/C(N)=C/C=Nc2cc(N3CCOCC3)c3sc(CN4CCC(N(C)C)C(F)C4)cc3n2)c1. The fourth-order valence-electron chi connectivity index (χ4n) is 5.24. The number of rotatable bonds is 7. The Balaban J connectivity index is 1.40. The van der Waals surface area contributed by atoms with Crippen LogP contribution in [0.5, 0.6) is 0 Å². The number of morpholine rings is 1. The summed E-state index contributed by atoms with van der Waals surface area (Å²) in [4.78, 5) is 17.3. The number of hydrogen-bond donors (Lipinski definition) is 1. The molecule has 3 aromatic rings. The van der Waals surface area contributed by atoms with E-state index >= 15 is 0 Å². The van der Waals surface area contributed by atoms with Gasteiger partial charge in [-0.25, -0.2) is 14.4 Å². The molecule has 38 heavy (non-hydrogen) atoms. The Morgan fingerprint density at radius 3 is 2.79 bits per heavy atom. The predicted octanol–water partition coefficient (Wildman–Crippen LogP) is 4.62. The lowest BCUT2D eigenvalue weighted by atomic mass is 10.0. The van der Waals surface area contributed by atoms with Gasteiger partial charge in [0.2, 0.25) is 0 Å². The molecule has 7 nitrogen and oxygen atoms in total. The number of aryl methyl sites for hydroxylation is 1. The summed E-state index contributed by atoms with van der Waals surface area (Å²) in [6.45, 7) is 7.21. The minimum Gasteiger partial charge on any atom is -0.398 e. The molecule has 1 aromatic carbocycles. The Labute approximate surface area is 228 Å². The summed E-state index contributed by atoms with van der Waals surface area (Å²) in [7, 11) is 3.93. The lowest BCUT2D eigenvalue weighted by Crippen LogP contribution is -2.49. The summed E-state index contributed by atoms with van der Waals surface area (Å²) in [6.07, 6.45) is 3.54. The van der Waals surface area contributed by atoms with E-state index in [1.54, 1.807) is 17.6 Å². The number of pyridine rings is 1. The third kappa shape index (κ3) is 6.23. The van der Waals surface area contributed by atoms with Crippen LogP contribution in [-0.2, 0) is 11.3 Å². The maximum Gasteiger partial charge on any atom is 0.154 e. The van der Waals surface area contributed by atoms with Gasteiger partial charge in [0.15, 0.2) is 5.82 Å². The number of aromatic nitrogens is 1. The van der Waals surface area contributed by atoms with Crippen LogP contribution in [0.3, 0.4) is 0 Å². The highest BCUT2D eigenvalue weighted by Crippen LogP contribution is 2.37. The van der Waals surface area contributed by atoms with Crippen molar-refractivity contribution >= 4 is 45.0 Å². The minimum absolute atomic E-state index is 0.00216. The molecule has 0 bridgehead atoms. The van der Waals surface area contributed by atoms with Gasteiger partial charge in [0.25, 0.3) is 0 Å². The summed E-state index contributed by atoms with van der Waals surface area (Å²) < 4.78 is 21.5. The molecule has 2 fully saturated rings. The molecule has 0 amide bonds. The van der Waals surface area contributed by atoms with Crippen LogP contribution in [0.15, 0.2) is 47.5 Å². The number of likely N-dealkylation sites (tertiary alicyclic amines) is 1. The number of benzene rings is 1. The van der Waals surface area contributed by atoms with Gasteiger partial charge >= 0.3 is 0 Å². The van der Waals surface area contributed by atoms with Crippen LogP contribution in [0.2, 0.25) is 0 Å². The second-order valence-electron chi connectivity index (χ2n) is 10.4. The summed E-state index contributed by atoms with van der Waals surface area (Å²) in [5.41, 5.74) is 11.1. The molecule has 2 aliphatic rings. The van der Waals surface area contributed by atoms with Gasteiger partial charge in [-0.2, -0.15) is 0 Å². The second kappa shape index (κ2) is 11.9. The highest BCUT2D eigenvalue weighted by atomic mass is 32.1. The molecule has 2 saturated heterocycles. The second-order valence-corrected chi connectivity index (χ2v) is 11.5. The molecule has 0 radical (unpaired) electrons. The zero-order chi connectivity index (χ0) is 26.6. The van der Waals surface area contributed by atoms with Crippen LogP contribution in [0.25, 0.3) is 15.9 Å². The molecular formula is C29H37FN6OS. The molecule has 0 spiro atoms. The minimum atomic E-state index is -0.837. The van der Waals surface area contributed by atoms with Crippen molar-refractivity contribution in [1.82, 2.24) is 14.8 Å². The van der Waals surface area contributed by atoms with E-state index in [1.807, 2.05) is 50.2 Å². The molecule has 2 atom stereocenters. The van der Waals surface area contributed by atoms with Gasteiger partial charge in [-0.1, -0.05) is 23.8 Å². The molecule has 2 N–H and O–H groups in total. The van der Waals surface area contributed by atoms with Crippen molar-refractivity contribution in [2.24, 2.45) is 10.7 Å². The first-order valence-electron chi connectivity index (χ1n) is 13.2. The molecule has 202 valence electrons. The number of nitrogens with two attached hydrogens (primary N) is 1. The molecule has 9 heteroatoms. The maximum atomic E-state index is 14.8. The van der Waals surface area contributed by atoms with Crippen LogP contribution >= 0.6 is 11.3 Å². The average molecular weight is 537 g/mol. The number of allylic oxidation sites excluding steroid dienone is 1. The van der Waals surface area contributed by atoms with E-state index in [0.717, 1.165) is 59.6 Å². The first-order chi connectivity index (χ1) is 18.4. The third-order valence-corrected chi connectivity index (χ3v) is 8.43. The molecule has 2 aromatic heterocycles. The van der Waals surface area contributed by atoms with E-state index < -0.39 is 6.17 Å². The first kappa shape index (κ1) is 26.7. The zero-order valence-electron chi connectivity index (χ0n) is 22.4. The largest absolute Gasteiger partial charge is 0.398 e. The summed E-state index contributed by atoms with van der Waals surface area (Å²) in [5, 5.41) is 0. The van der Waals surface area contributed by atoms with Gasteiger partial charge in [0.1, 0.15) is 6.17 Å². The Kier molecular flexibility index (Phi) is 8.38. The number of hydrogen-bond acceptors (Lipinski definition) is 8. The normalized spacial score (nSPS) is 21.7. The topological polar surface area (TPSA) is 70.2 Å². The highest BCUT2D eigenvalue weighted by Gasteiger charge is 2.30. The van der Waals surface area contributed by atoms with Gasteiger partial charge in [-0.15, -0.1) is 11.3 Å². The smallest absolute Gasteiger partial charge is 0.154 e. The number of anilines is 1. The van der Waals surface area contributed by atoms with Gasteiger partial charge in [-0.3, -0.25) is 4.90 Å². The fourth-order valence-corrected chi connectivity index (χ4v) is 6.42. The first-order valence-corrected chi connectivity index (χ1v) is 14.0. The van der Waals surface area contributed by atoms with Crippen LogP contribution in [0, 0.1) is 6.92 Å². The van der Waals surface area contributed by atoms with Crippen LogP contribution in [0.1, 0.15) is 22.4 Å². The zero-order valence-corrected chi connectivity index (χ0v) is 23.3. The Morgan fingerprint density at radius 2 is 2.05 bits per heavy atom. The van der Waals surface area contributed by atoms with E-state index in [-0.39, 0.29) is 6.04 Å². The van der Waals surface area contributed by atoms with E-state index in [1.165, 1.54) is 4.88 Å². The summed E-state index contributed by atoms with van der Waals surface area (Å²) in [5.74, 6) is 0.646. The lowest BCUT2D eigenvalue weighted by Gasteiger charge is -2.37. The van der Waals surface area contributed by atoms with E-state index in [4.69, 9.17) is 15.5 Å². The number of halogens is 1. The number of fused-ring (bicyclic) bond motifs is 1. The Hall–Kier alpha value is -2.85. The third-order valence-electron chi connectivity index (χ3n) is 7.29. The van der Waals surface area contributed by atoms with Crippen LogP contribution in [0.4, 0.5) is 15.9 Å².